The Hall–Kier alpha value is -1.62. The van der Waals surface area contributed by atoms with Gasteiger partial charge in [0.2, 0.25) is 0 Å². The minimum absolute atomic E-state index is 0.00321. The van der Waals surface area contributed by atoms with Crippen LogP contribution in [0.1, 0.15) is 25.7 Å². The molecular formula is C12H17N3O2. The normalized spacial score (nSPS) is 17.7. The summed E-state index contributed by atoms with van der Waals surface area (Å²) >= 11 is 0. The van der Waals surface area contributed by atoms with Crippen molar-refractivity contribution in [1.29, 1.82) is 0 Å². The molecule has 2 amide bonds. The van der Waals surface area contributed by atoms with Gasteiger partial charge in [0.1, 0.15) is 0 Å². The summed E-state index contributed by atoms with van der Waals surface area (Å²) in [5, 5.41) is 15.0. The summed E-state index contributed by atoms with van der Waals surface area (Å²) < 4.78 is 0. The molecule has 1 heterocycles. The zero-order valence-electron chi connectivity index (χ0n) is 9.65. The molecule has 1 fully saturated rings. The fraction of sp³-hybridized carbons (Fsp3) is 0.500. The van der Waals surface area contributed by atoms with E-state index in [0.29, 0.717) is 5.69 Å². The second kappa shape index (κ2) is 5.14. The molecule has 0 aromatic carbocycles. The van der Waals surface area contributed by atoms with Crippen LogP contribution in [-0.2, 0) is 0 Å². The lowest BCUT2D eigenvalue weighted by Gasteiger charge is -2.27. The van der Waals surface area contributed by atoms with Crippen LogP contribution in [0.5, 0.6) is 0 Å². The van der Waals surface area contributed by atoms with Crippen molar-refractivity contribution in [2.75, 3.05) is 11.9 Å². The van der Waals surface area contributed by atoms with Crippen molar-refractivity contribution in [2.24, 2.45) is 0 Å². The van der Waals surface area contributed by atoms with E-state index in [2.05, 4.69) is 15.6 Å². The second-order valence-corrected chi connectivity index (χ2v) is 4.46. The molecule has 0 bridgehead atoms. The third-order valence-electron chi connectivity index (χ3n) is 3.18. The van der Waals surface area contributed by atoms with Crippen molar-refractivity contribution >= 4 is 11.7 Å². The molecule has 0 aliphatic heterocycles. The number of rotatable bonds is 3. The number of carbonyl (C=O) groups is 1. The van der Waals surface area contributed by atoms with E-state index >= 15 is 0 Å². The first-order valence-corrected chi connectivity index (χ1v) is 5.84. The van der Waals surface area contributed by atoms with E-state index in [4.69, 9.17) is 0 Å². The maximum Gasteiger partial charge on any atom is 0.319 e. The Morgan fingerprint density at radius 3 is 2.59 bits per heavy atom. The number of hydrogen-bond donors (Lipinski definition) is 3. The van der Waals surface area contributed by atoms with Gasteiger partial charge in [0.15, 0.2) is 0 Å². The van der Waals surface area contributed by atoms with Crippen molar-refractivity contribution < 1.29 is 9.90 Å². The zero-order valence-corrected chi connectivity index (χ0v) is 9.65. The first-order chi connectivity index (χ1) is 8.24. The van der Waals surface area contributed by atoms with Gasteiger partial charge in [-0.15, -0.1) is 0 Å². The van der Waals surface area contributed by atoms with Gasteiger partial charge in [0.05, 0.1) is 12.1 Å². The molecule has 1 aromatic heterocycles. The maximum atomic E-state index is 11.8. The van der Waals surface area contributed by atoms with Gasteiger partial charge in [0, 0.05) is 18.1 Å². The van der Waals surface area contributed by atoms with E-state index in [-0.39, 0.29) is 12.6 Å². The van der Waals surface area contributed by atoms with Crippen molar-refractivity contribution in [3.63, 3.8) is 0 Å². The first-order valence-electron chi connectivity index (χ1n) is 5.84. The molecule has 0 unspecified atom stereocenters. The predicted molar refractivity (Wildman–Crippen MR) is 64.7 cm³/mol. The van der Waals surface area contributed by atoms with Gasteiger partial charge in [0.25, 0.3) is 0 Å². The number of nitrogens with one attached hydrogen (secondary N) is 2. The van der Waals surface area contributed by atoms with E-state index in [1.54, 1.807) is 24.5 Å². The highest BCUT2D eigenvalue weighted by Crippen LogP contribution is 2.29. The molecule has 1 aliphatic rings. The number of carbonyl (C=O) groups excluding carboxylic acids is 1. The summed E-state index contributed by atoms with van der Waals surface area (Å²) in [6.07, 6.45) is 7.02. The van der Waals surface area contributed by atoms with E-state index in [1.807, 2.05) is 0 Å². The fourth-order valence-corrected chi connectivity index (χ4v) is 2.21. The highest BCUT2D eigenvalue weighted by molar-refractivity contribution is 5.89. The standard InChI is InChI=1S/C12H17N3O2/c16-9-12(5-1-2-6-12)15-11(17)14-10-3-7-13-8-4-10/h3-4,7-8,16H,1-2,5-6,9H2,(H2,13,14,15,17). The van der Waals surface area contributed by atoms with Crippen LogP contribution in [0.4, 0.5) is 10.5 Å². The van der Waals surface area contributed by atoms with E-state index in [9.17, 15) is 9.90 Å². The van der Waals surface area contributed by atoms with Crippen LogP contribution in [0.15, 0.2) is 24.5 Å². The third-order valence-corrected chi connectivity index (χ3v) is 3.18. The van der Waals surface area contributed by atoms with Crippen molar-refractivity contribution in [2.45, 2.75) is 31.2 Å². The Balaban J connectivity index is 1.93. The number of nitrogens with zero attached hydrogens (tertiary/aromatic N) is 1. The third kappa shape index (κ3) is 2.94. The van der Waals surface area contributed by atoms with E-state index in [1.165, 1.54) is 0 Å². The number of urea groups is 1. The fourth-order valence-electron chi connectivity index (χ4n) is 2.21. The highest BCUT2D eigenvalue weighted by atomic mass is 16.3. The van der Waals surface area contributed by atoms with Crippen LogP contribution in [0.25, 0.3) is 0 Å². The molecule has 17 heavy (non-hydrogen) atoms. The largest absolute Gasteiger partial charge is 0.394 e. The smallest absolute Gasteiger partial charge is 0.319 e. The molecule has 1 aromatic rings. The molecule has 0 saturated heterocycles. The van der Waals surface area contributed by atoms with E-state index < -0.39 is 5.54 Å². The Labute approximate surface area is 100 Å². The average Bonchev–Trinajstić information content (AvgIpc) is 2.79. The van der Waals surface area contributed by atoms with E-state index in [0.717, 1.165) is 25.7 Å². The molecule has 0 atom stereocenters. The van der Waals surface area contributed by atoms with Gasteiger partial charge in [-0.25, -0.2) is 4.79 Å². The molecule has 3 N–H and O–H groups in total. The van der Waals surface area contributed by atoms with Gasteiger partial charge in [-0.3, -0.25) is 4.98 Å². The summed E-state index contributed by atoms with van der Waals surface area (Å²) in [6.45, 7) is -0.00321. The molecule has 5 nitrogen and oxygen atoms in total. The van der Waals surface area contributed by atoms with Crippen LogP contribution in [0.3, 0.4) is 0 Å². The topological polar surface area (TPSA) is 74.2 Å². The summed E-state index contributed by atoms with van der Waals surface area (Å²) in [5.41, 5.74) is 0.264. The van der Waals surface area contributed by atoms with Gasteiger partial charge in [-0.1, -0.05) is 12.8 Å². The molecule has 0 radical (unpaired) electrons. The molecule has 1 saturated carbocycles. The number of aliphatic hydroxyl groups is 1. The van der Waals surface area contributed by atoms with Gasteiger partial charge < -0.3 is 15.7 Å². The van der Waals surface area contributed by atoms with Gasteiger partial charge in [-0.05, 0) is 25.0 Å². The lowest BCUT2D eigenvalue weighted by atomic mass is 9.99. The maximum absolute atomic E-state index is 11.8. The SMILES string of the molecule is O=C(Nc1ccncc1)NC1(CO)CCCC1. The monoisotopic (exact) mass is 235 g/mol. The number of aliphatic hydroxyl groups excluding tert-OH is 1. The Kier molecular flexibility index (Phi) is 3.58. The number of aromatic nitrogens is 1. The number of amides is 2. The quantitative estimate of drug-likeness (QED) is 0.743. The lowest BCUT2D eigenvalue weighted by Crippen LogP contribution is -2.50. The molecule has 1 aliphatic carbocycles. The van der Waals surface area contributed by atoms with Gasteiger partial charge >= 0.3 is 6.03 Å². The number of pyridine rings is 1. The van der Waals surface area contributed by atoms with Crippen LogP contribution in [-0.4, -0.2) is 28.3 Å². The van der Waals surface area contributed by atoms with Crippen molar-refractivity contribution in [3.8, 4) is 0 Å². The van der Waals surface area contributed by atoms with Crippen LogP contribution >= 0.6 is 0 Å². The molecule has 0 spiro atoms. The molecular weight excluding hydrogens is 218 g/mol. The number of hydrogen-bond acceptors (Lipinski definition) is 3. The summed E-state index contributed by atoms with van der Waals surface area (Å²) in [5.74, 6) is 0. The Morgan fingerprint density at radius 1 is 1.35 bits per heavy atom. The molecule has 2 rings (SSSR count). The van der Waals surface area contributed by atoms with Crippen LogP contribution in [0, 0.1) is 0 Å². The predicted octanol–water partition coefficient (Wildman–Crippen LogP) is 1.51. The zero-order chi connectivity index (χ0) is 12.1. The first kappa shape index (κ1) is 11.9. The summed E-state index contributed by atoms with van der Waals surface area (Å²) in [6, 6.07) is 3.17. The summed E-state index contributed by atoms with van der Waals surface area (Å²) in [4.78, 5) is 15.7. The van der Waals surface area contributed by atoms with Crippen molar-refractivity contribution in [3.05, 3.63) is 24.5 Å². The minimum Gasteiger partial charge on any atom is -0.394 e. The molecule has 92 valence electrons. The van der Waals surface area contributed by atoms with Crippen LogP contribution in [0.2, 0.25) is 0 Å². The summed E-state index contributed by atoms with van der Waals surface area (Å²) in [7, 11) is 0. The average molecular weight is 235 g/mol. The second-order valence-electron chi connectivity index (χ2n) is 4.46. The lowest BCUT2D eigenvalue weighted by molar-refractivity contribution is 0.167. The molecule has 5 heteroatoms. The number of anilines is 1. The van der Waals surface area contributed by atoms with Gasteiger partial charge in [-0.2, -0.15) is 0 Å². The highest BCUT2D eigenvalue weighted by Gasteiger charge is 2.34. The minimum atomic E-state index is -0.433. The Morgan fingerprint density at radius 2 is 2.00 bits per heavy atom. The Bertz CT molecular complexity index is 375. The van der Waals surface area contributed by atoms with Crippen LogP contribution < -0.4 is 10.6 Å². The van der Waals surface area contributed by atoms with Crippen molar-refractivity contribution in [1.82, 2.24) is 10.3 Å².